The molecule has 0 saturated heterocycles. The number of Topliss-reactive ketones (excluding diaryl/α,β-unsaturated/α-hetero) is 1. The molecule has 0 aliphatic heterocycles. The summed E-state index contributed by atoms with van der Waals surface area (Å²) in [5, 5.41) is 0. The Morgan fingerprint density at radius 1 is 1.00 bits per heavy atom. The normalized spacial score (nSPS) is 10.1. The van der Waals surface area contributed by atoms with Crippen LogP contribution in [0.5, 0.6) is 0 Å². The Balaban J connectivity index is 3.19. The third-order valence-electron chi connectivity index (χ3n) is 2.78. The quantitative estimate of drug-likeness (QED) is 0.715. The smallest absolute Gasteiger partial charge is 0.293 e. The van der Waals surface area contributed by atoms with Gasteiger partial charge in [-0.2, -0.15) is 0 Å². The van der Waals surface area contributed by atoms with Gasteiger partial charge in [-0.05, 0) is 43.5 Å². The zero-order valence-corrected chi connectivity index (χ0v) is 10.4. The molecule has 3 heteroatoms. The highest BCUT2D eigenvalue weighted by atomic mass is 16.2. The predicted octanol–water partition coefficient (Wildman–Crippen LogP) is 2.16. The molecule has 86 valence electrons. The van der Waals surface area contributed by atoms with Crippen LogP contribution in [-0.4, -0.2) is 18.7 Å². The first kappa shape index (κ1) is 12.4. The lowest BCUT2D eigenvalue weighted by molar-refractivity contribution is -0.134. The van der Waals surface area contributed by atoms with Crippen LogP contribution in [0, 0.1) is 20.8 Å². The summed E-state index contributed by atoms with van der Waals surface area (Å²) in [4.78, 5) is 24.0. The number of nitrogens with zero attached hydrogens (tertiary/aromatic N) is 1. The van der Waals surface area contributed by atoms with Crippen LogP contribution >= 0.6 is 0 Å². The van der Waals surface area contributed by atoms with E-state index in [1.807, 2.05) is 32.9 Å². The molecule has 0 N–H and O–H groups in total. The van der Waals surface area contributed by atoms with E-state index in [1.165, 1.54) is 17.4 Å². The number of hydrogen-bond donors (Lipinski definition) is 0. The molecule has 0 aromatic heterocycles. The zero-order chi connectivity index (χ0) is 12.5. The minimum Gasteiger partial charge on any atom is -0.309 e. The summed E-state index contributed by atoms with van der Waals surface area (Å²) in [7, 11) is 1.63. The van der Waals surface area contributed by atoms with Crippen molar-refractivity contribution in [3.63, 3.8) is 0 Å². The molecular formula is C13H17NO2. The second kappa shape index (κ2) is 4.47. The zero-order valence-electron chi connectivity index (χ0n) is 10.4. The number of carbonyl (C=O) groups excluding carboxylic acids is 2. The van der Waals surface area contributed by atoms with E-state index in [0.717, 1.165) is 16.8 Å². The lowest BCUT2D eigenvalue weighted by Gasteiger charge is -2.19. The van der Waals surface area contributed by atoms with E-state index in [2.05, 4.69) is 0 Å². The summed E-state index contributed by atoms with van der Waals surface area (Å²) in [5.41, 5.74) is 4.09. The highest BCUT2D eigenvalue weighted by Gasteiger charge is 2.17. The maximum atomic E-state index is 11.6. The van der Waals surface area contributed by atoms with Crippen molar-refractivity contribution in [3.8, 4) is 0 Å². The van der Waals surface area contributed by atoms with Crippen molar-refractivity contribution in [1.29, 1.82) is 0 Å². The van der Waals surface area contributed by atoms with Gasteiger partial charge in [-0.3, -0.25) is 9.59 Å². The van der Waals surface area contributed by atoms with Gasteiger partial charge in [-0.1, -0.05) is 6.07 Å². The molecular weight excluding hydrogens is 202 g/mol. The standard InChI is InChI=1S/C13H17NO2/c1-8-6-10(3)12(7-9(8)2)14(5)13(16)11(4)15/h6-7H,1-5H3. The molecule has 1 aromatic carbocycles. The third kappa shape index (κ3) is 2.30. The van der Waals surface area contributed by atoms with Crippen molar-refractivity contribution in [2.75, 3.05) is 11.9 Å². The molecule has 0 atom stereocenters. The fourth-order valence-corrected chi connectivity index (χ4v) is 1.65. The number of aryl methyl sites for hydroxylation is 3. The summed E-state index contributed by atoms with van der Waals surface area (Å²) in [6.07, 6.45) is 0. The van der Waals surface area contributed by atoms with Gasteiger partial charge >= 0.3 is 0 Å². The lowest BCUT2D eigenvalue weighted by Crippen LogP contribution is -2.32. The van der Waals surface area contributed by atoms with Gasteiger partial charge in [-0.25, -0.2) is 0 Å². The Kier molecular flexibility index (Phi) is 3.48. The van der Waals surface area contributed by atoms with Gasteiger partial charge in [0.25, 0.3) is 5.91 Å². The van der Waals surface area contributed by atoms with Crippen LogP contribution in [0.1, 0.15) is 23.6 Å². The van der Waals surface area contributed by atoms with Gasteiger partial charge in [0.2, 0.25) is 5.78 Å². The number of hydrogen-bond acceptors (Lipinski definition) is 2. The van der Waals surface area contributed by atoms with Crippen LogP contribution in [0.2, 0.25) is 0 Å². The van der Waals surface area contributed by atoms with Crippen molar-refractivity contribution < 1.29 is 9.59 Å². The van der Waals surface area contributed by atoms with Crippen LogP contribution in [0.25, 0.3) is 0 Å². The Labute approximate surface area is 96.1 Å². The first-order valence-electron chi connectivity index (χ1n) is 5.21. The average molecular weight is 219 g/mol. The van der Waals surface area contributed by atoms with Crippen LogP contribution in [0.15, 0.2) is 12.1 Å². The number of carbonyl (C=O) groups is 2. The van der Waals surface area contributed by atoms with Gasteiger partial charge < -0.3 is 4.90 Å². The Hall–Kier alpha value is -1.64. The Morgan fingerprint density at radius 2 is 1.50 bits per heavy atom. The van der Waals surface area contributed by atoms with Crippen molar-refractivity contribution in [3.05, 3.63) is 28.8 Å². The fourth-order valence-electron chi connectivity index (χ4n) is 1.65. The molecule has 3 nitrogen and oxygen atoms in total. The Morgan fingerprint density at radius 3 is 2.00 bits per heavy atom. The summed E-state index contributed by atoms with van der Waals surface area (Å²) in [5.74, 6) is -0.925. The molecule has 0 unspecified atom stereocenters. The van der Waals surface area contributed by atoms with E-state index in [0.29, 0.717) is 0 Å². The van der Waals surface area contributed by atoms with E-state index >= 15 is 0 Å². The second-order valence-electron chi connectivity index (χ2n) is 4.14. The molecule has 0 radical (unpaired) electrons. The van der Waals surface area contributed by atoms with Crippen molar-refractivity contribution in [2.45, 2.75) is 27.7 Å². The first-order chi connectivity index (χ1) is 7.34. The van der Waals surface area contributed by atoms with Crippen LogP contribution in [0.4, 0.5) is 5.69 Å². The Bertz CT molecular complexity index is 449. The minimum atomic E-state index is -0.480. The molecule has 1 amide bonds. The largest absolute Gasteiger partial charge is 0.309 e. The summed E-state index contributed by atoms with van der Waals surface area (Å²) in [6, 6.07) is 3.96. The summed E-state index contributed by atoms with van der Waals surface area (Å²) >= 11 is 0. The number of likely N-dealkylation sites (N-methyl/N-ethyl adjacent to an activating group) is 1. The molecule has 1 aromatic rings. The maximum absolute atomic E-state index is 11.6. The third-order valence-corrected chi connectivity index (χ3v) is 2.78. The second-order valence-corrected chi connectivity index (χ2v) is 4.14. The van der Waals surface area contributed by atoms with Gasteiger partial charge in [0.05, 0.1) is 0 Å². The number of ketones is 1. The monoisotopic (exact) mass is 219 g/mol. The van der Waals surface area contributed by atoms with E-state index < -0.39 is 11.7 Å². The summed E-state index contributed by atoms with van der Waals surface area (Å²) < 4.78 is 0. The lowest BCUT2D eigenvalue weighted by atomic mass is 10.0. The van der Waals surface area contributed by atoms with E-state index in [1.54, 1.807) is 7.05 Å². The topological polar surface area (TPSA) is 37.4 Å². The molecule has 0 saturated carbocycles. The maximum Gasteiger partial charge on any atom is 0.293 e. The summed E-state index contributed by atoms with van der Waals surface area (Å²) in [6.45, 7) is 7.24. The molecule has 0 aliphatic rings. The molecule has 1 rings (SSSR count). The predicted molar refractivity (Wildman–Crippen MR) is 64.7 cm³/mol. The molecule has 0 heterocycles. The van der Waals surface area contributed by atoms with Gasteiger partial charge in [0.1, 0.15) is 0 Å². The van der Waals surface area contributed by atoms with Crippen molar-refractivity contribution in [1.82, 2.24) is 0 Å². The number of benzene rings is 1. The SMILES string of the molecule is CC(=O)C(=O)N(C)c1cc(C)c(C)cc1C. The van der Waals surface area contributed by atoms with Crippen LogP contribution < -0.4 is 4.90 Å². The van der Waals surface area contributed by atoms with Gasteiger partial charge in [0.15, 0.2) is 0 Å². The van der Waals surface area contributed by atoms with Crippen molar-refractivity contribution in [2.24, 2.45) is 0 Å². The number of rotatable bonds is 2. The fraction of sp³-hybridized carbons (Fsp3) is 0.385. The molecule has 16 heavy (non-hydrogen) atoms. The van der Waals surface area contributed by atoms with E-state index in [-0.39, 0.29) is 0 Å². The van der Waals surface area contributed by atoms with E-state index in [4.69, 9.17) is 0 Å². The number of amides is 1. The molecule has 0 aliphatic carbocycles. The minimum absolute atomic E-state index is 0.444. The van der Waals surface area contributed by atoms with Crippen molar-refractivity contribution >= 4 is 17.4 Å². The highest BCUT2D eigenvalue weighted by Crippen LogP contribution is 2.23. The van der Waals surface area contributed by atoms with Crippen LogP contribution in [0.3, 0.4) is 0 Å². The molecule has 0 fully saturated rings. The molecule has 0 spiro atoms. The average Bonchev–Trinajstić information content (AvgIpc) is 2.21. The molecule has 0 bridgehead atoms. The highest BCUT2D eigenvalue weighted by molar-refractivity contribution is 6.40. The van der Waals surface area contributed by atoms with Crippen LogP contribution in [-0.2, 0) is 9.59 Å². The number of anilines is 1. The first-order valence-corrected chi connectivity index (χ1v) is 5.21. The van der Waals surface area contributed by atoms with E-state index in [9.17, 15) is 9.59 Å². The van der Waals surface area contributed by atoms with Gasteiger partial charge in [0, 0.05) is 19.7 Å². The van der Waals surface area contributed by atoms with Gasteiger partial charge in [-0.15, -0.1) is 0 Å².